The highest BCUT2D eigenvalue weighted by Crippen LogP contribution is 2.34. The third kappa shape index (κ3) is 5.88. The normalized spacial score (nSPS) is 19.2. The second kappa shape index (κ2) is 11.7. The number of aromatic nitrogens is 1. The number of hydrogen-bond acceptors (Lipinski definition) is 6. The van der Waals surface area contributed by atoms with Crippen LogP contribution in [0.3, 0.4) is 0 Å². The van der Waals surface area contributed by atoms with Crippen LogP contribution < -0.4 is 9.64 Å². The summed E-state index contributed by atoms with van der Waals surface area (Å²) in [7, 11) is 1.62. The quantitative estimate of drug-likeness (QED) is 0.467. The standard InChI is InChI=1S/C30H29F2N5O3/c1-35(30(39)40-25-9-7-24(32)8-10-25)27-19-37(18-26(27)21-3-5-23(31)6-4-21)29(38)22-12-14-36(15-13-22)28-11-2-20(16-33)17-34-28/h2-11,17,22,26-27H,12-15,18-19H2,1H3. The van der Waals surface area contributed by atoms with Crippen LogP contribution in [-0.4, -0.2) is 66.1 Å². The summed E-state index contributed by atoms with van der Waals surface area (Å²) in [5, 5.41) is 9.00. The summed E-state index contributed by atoms with van der Waals surface area (Å²) < 4.78 is 32.4. The van der Waals surface area contributed by atoms with Crippen molar-refractivity contribution in [2.24, 2.45) is 5.92 Å². The van der Waals surface area contributed by atoms with Gasteiger partial charge in [0.1, 0.15) is 29.3 Å². The van der Waals surface area contributed by atoms with Gasteiger partial charge < -0.3 is 19.4 Å². The topological polar surface area (TPSA) is 89.8 Å². The molecule has 2 aliphatic heterocycles. The van der Waals surface area contributed by atoms with Gasteiger partial charge in [0.2, 0.25) is 5.91 Å². The van der Waals surface area contributed by atoms with Crippen molar-refractivity contribution in [2.75, 3.05) is 38.1 Å². The Kier molecular flexibility index (Phi) is 7.91. The number of halogens is 2. The van der Waals surface area contributed by atoms with Gasteiger partial charge in [-0.05, 0) is 66.9 Å². The molecular weight excluding hydrogens is 516 g/mol. The Hall–Kier alpha value is -4.52. The number of anilines is 1. The predicted octanol–water partition coefficient (Wildman–Crippen LogP) is 4.57. The van der Waals surface area contributed by atoms with Gasteiger partial charge in [-0.25, -0.2) is 18.6 Å². The van der Waals surface area contributed by atoms with Gasteiger partial charge in [0.25, 0.3) is 0 Å². The van der Waals surface area contributed by atoms with E-state index in [1.54, 1.807) is 36.3 Å². The van der Waals surface area contributed by atoms with Crippen molar-refractivity contribution >= 4 is 17.8 Å². The van der Waals surface area contributed by atoms with E-state index >= 15 is 0 Å². The van der Waals surface area contributed by atoms with Crippen LogP contribution in [0.15, 0.2) is 66.9 Å². The summed E-state index contributed by atoms with van der Waals surface area (Å²) in [4.78, 5) is 36.4. The van der Waals surface area contributed by atoms with Crippen molar-refractivity contribution in [3.8, 4) is 11.8 Å². The summed E-state index contributed by atoms with van der Waals surface area (Å²) in [6.07, 6.45) is 2.24. The smallest absolute Gasteiger partial charge is 0.410 e. The van der Waals surface area contributed by atoms with Crippen LogP contribution in [0.1, 0.15) is 29.9 Å². The van der Waals surface area contributed by atoms with Gasteiger partial charge in [-0.1, -0.05) is 12.1 Å². The van der Waals surface area contributed by atoms with E-state index in [1.165, 1.54) is 41.3 Å². The van der Waals surface area contributed by atoms with Gasteiger partial charge in [0, 0.05) is 51.3 Å². The number of ether oxygens (including phenoxy) is 1. The first-order chi connectivity index (χ1) is 19.3. The highest BCUT2D eigenvalue weighted by Gasteiger charge is 2.42. The molecule has 2 aromatic carbocycles. The van der Waals surface area contributed by atoms with Crippen LogP contribution in [0.2, 0.25) is 0 Å². The molecule has 2 saturated heterocycles. The molecule has 0 saturated carbocycles. The zero-order chi connectivity index (χ0) is 28.2. The Labute approximate surface area is 231 Å². The fraction of sp³-hybridized carbons (Fsp3) is 0.333. The predicted molar refractivity (Wildman–Crippen MR) is 144 cm³/mol. The van der Waals surface area contributed by atoms with Gasteiger partial charge >= 0.3 is 6.09 Å². The Balaban J connectivity index is 1.27. The molecule has 2 atom stereocenters. The first-order valence-electron chi connectivity index (χ1n) is 13.2. The molecule has 206 valence electrons. The second-order valence-electron chi connectivity index (χ2n) is 10.2. The van der Waals surface area contributed by atoms with Crippen LogP contribution in [-0.2, 0) is 4.79 Å². The SMILES string of the molecule is CN(C(=O)Oc1ccc(F)cc1)C1CN(C(=O)C2CCN(c3ccc(C#N)cn3)CC2)CC1c1ccc(F)cc1. The van der Waals surface area contributed by atoms with E-state index in [0.29, 0.717) is 44.6 Å². The monoisotopic (exact) mass is 545 g/mol. The molecule has 2 fully saturated rings. The fourth-order valence-corrected chi connectivity index (χ4v) is 5.46. The van der Waals surface area contributed by atoms with Crippen molar-refractivity contribution in [2.45, 2.75) is 24.8 Å². The summed E-state index contributed by atoms with van der Waals surface area (Å²) >= 11 is 0. The molecule has 2 aliphatic rings. The minimum atomic E-state index is -0.624. The van der Waals surface area contributed by atoms with E-state index in [2.05, 4.69) is 16.0 Å². The molecule has 0 N–H and O–H groups in total. The number of carbonyl (C=O) groups is 2. The van der Waals surface area contributed by atoms with Gasteiger partial charge in [-0.3, -0.25) is 4.79 Å². The van der Waals surface area contributed by atoms with Crippen molar-refractivity contribution in [1.82, 2.24) is 14.8 Å². The van der Waals surface area contributed by atoms with Gasteiger partial charge in [0.15, 0.2) is 0 Å². The van der Waals surface area contributed by atoms with E-state index in [1.807, 2.05) is 6.07 Å². The zero-order valence-corrected chi connectivity index (χ0v) is 22.0. The average Bonchev–Trinajstić information content (AvgIpc) is 3.43. The number of carbonyl (C=O) groups excluding carboxylic acids is 2. The molecule has 0 radical (unpaired) electrons. The molecule has 0 bridgehead atoms. The van der Waals surface area contributed by atoms with E-state index in [9.17, 15) is 18.4 Å². The average molecular weight is 546 g/mol. The van der Waals surface area contributed by atoms with Crippen LogP contribution in [0.4, 0.5) is 19.4 Å². The molecule has 5 rings (SSSR count). The number of pyridine rings is 1. The fourth-order valence-electron chi connectivity index (χ4n) is 5.46. The molecular formula is C30H29F2N5O3. The lowest BCUT2D eigenvalue weighted by atomic mass is 9.93. The third-order valence-electron chi connectivity index (χ3n) is 7.75. The molecule has 40 heavy (non-hydrogen) atoms. The van der Waals surface area contributed by atoms with Crippen molar-refractivity contribution < 1.29 is 23.1 Å². The van der Waals surface area contributed by atoms with Gasteiger partial charge in [-0.2, -0.15) is 5.26 Å². The number of likely N-dealkylation sites (tertiary alicyclic amines) is 1. The summed E-state index contributed by atoms with van der Waals surface area (Å²) in [5.74, 6) is -0.179. The minimum absolute atomic E-state index is 0.0300. The molecule has 2 unspecified atom stereocenters. The summed E-state index contributed by atoms with van der Waals surface area (Å²) in [6, 6.07) is 16.5. The number of piperidine rings is 1. The zero-order valence-electron chi connectivity index (χ0n) is 22.0. The maximum absolute atomic E-state index is 13.7. The highest BCUT2D eigenvalue weighted by molar-refractivity contribution is 5.80. The maximum Gasteiger partial charge on any atom is 0.415 e. The van der Waals surface area contributed by atoms with Crippen molar-refractivity contribution in [3.63, 3.8) is 0 Å². The molecule has 0 spiro atoms. The summed E-state index contributed by atoms with van der Waals surface area (Å²) in [5.41, 5.74) is 1.32. The molecule has 0 aliphatic carbocycles. The van der Waals surface area contributed by atoms with Crippen LogP contribution in [0.25, 0.3) is 0 Å². The third-order valence-corrected chi connectivity index (χ3v) is 7.75. The van der Waals surface area contributed by atoms with Crippen LogP contribution >= 0.6 is 0 Å². The Morgan fingerprint density at radius 3 is 2.23 bits per heavy atom. The Bertz CT molecular complexity index is 1380. The Morgan fingerprint density at radius 2 is 1.62 bits per heavy atom. The second-order valence-corrected chi connectivity index (χ2v) is 10.2. The molecule has 1 aromatic heterocycles. The lowest BCUT2D eigenvalue weighted by molar-refractivity contribution is -0.135. The molecule has 3 aromatic rings. The molecule has 10 heteroatoms. The first kappa shape index (κ1) is 27.1. The number of likely N-dealkylation sites (N-methyl/N-ethyl adjacent to an activating group) is 1. The summed E-state index contributed by atoms with van der Waals surface area (Å²) in [6.45, 7) is 2.03. The largest absolute Gasteiger partial charge is 0.415 e. The van der Waals surface area contributed by atoms with E-state index < -0.39 is 18.0 Å². The van der Waals surface area contributed by atoms with Crippen LogP contribution in [0.5, 0.6) is 5.75 Å². The lowest BCUT2D eigenvalue weighted by Crippen LogP contribution is -2.45. The number of rotatable bonds is 5. The van der Waals surface area contributed by atoms with Crippen molar-refractivity contribution in [1.29, 1.82) is 5.26 Å². The highest BCUT2D eigenvalue weighted by atomic mass is 19.1. The van der Waals surface area contributed by atoms with E-state index in [4.69, 9.17) is 10.00 Å². The van der Waals surface area contributed by atoms with E-state index in [-0.39, 0.29) is 29.3 Å². The maximum atomic E-state index is 13.7. The Morgan fingerprint density at radius 1 is 0.975 bits per heavy atom. The van der Waals surface area contributed by atoms with Crippen molar-refractivity contribution in [3.05, 3.63) is 89.6 Å². The van der Waals surface area contributed by atoms with Gasteiger partial charge in [0.05, 0.1) is 11.6 Å². The first-order valence-corrected chi connectivity index (χ1v) is 13.2. The molecule has 2 amide bonds. The number of nitriles is 1. The number of hydrogen-bond donors (Lipinski definition) is 0. The number of amides is 2. The number of benzene rings is 2. The van der Waals surface area contributed by atoms with Crippen LogP contribution in [0, 0.1) is 28.9 Å². The minimum Gasteiger partial charge on any atom is -0.410 e. The van der Waals surface area contributed by atoms with Gasteiger partial charge in [-0.15, -0.1) is 0 Å². The molecule has 8 nitrogen and oxygen atoms in total. The number of nitrogens with zero attached hydrogens (tertiary/aromatic N) is 5. The molecule has 3 heterocycles. The lowest BCUT2D eigenvalue weighted by Gasteiger charge is -2.34. The van der Waals surface area contributed by atoms with E-state index in [0.717, 1.165) is 11.4 Å².